The Balaban J connectivity index is 1.52. The van der Waals surface area contributed by atoms with Crippen molar-refractivity contribution < 1.29 is 8.42 Å². The third kappa shape index (κ3) is 3.72. The molecule has 154 valence electrons. The van der Waals surface area contributed by atoms with E-state index >= 15 is 0 Å². The van der Waals surface area contributed by atoms with Gasteiger partial charge in [-0.15, -0.1) is 11.3 Å². The maximum Gasteiger partial charge on any atom is 0.252 e. The lowest BCUT2D eigenvalue weighted by Gasteiger charge is -2.35. The molecule has 3 aromatic rings. The molecule has 1 aliphatic rings. The normalized spacial score (nSPS) is 15.8. The first-order chi connectivity index (χ1) is 13.9. The van der Waals surface area contributed by atoms with Gasteiger partial charge in [0.05, 0.1) is 22.8 Å². The number of anilines is 1. The molecule has 0 amide bonds. The molecule has 4 rings (SSSR count). The summed E-state index contributed by atoms with van der Waals surface area (Å²) in [6, 6.07) is 13.7. The molecule has 0 N–H and O–H groups in total. The van der Waals surface area contributed by atoms with Crippen molar-refractivity contribution in [2.75, 3.05) is 31.1 Å². The number of thiophene rings is 1. The predicted octanol–water partition coefficient (Wildman–Crippen LogP) is 3.62. The van der Waals surface area contributed by atoms with Gasteiger partial charge in [-0.1, -0.05) is 25.1 Å². The second kappa shape index (κ2) is 7.93. The van der Waals surface area contributed by atoms with E-state index in [0.29, 0.717) is 30.4 Å². The van der Waals surface area contributed by atoms with Crippen LogP contribution in [0.25, 0.3) is 5.69 Å². The first-order valence-corrected chi connectivity index (χ1v) is 12.1. The number of aromatic nitrogens is 2. The largest absolute Gasteiger partial charge is 0.366 e. The molecular formula is C21H26N4O2S2. The minimum absolute atomic E-state index is 0.451. The van der Waals surface area contributed by atoms with Crippen LogP contribution in [0, 0.1) is 13.8 Å². The molecule has 0 atom stereocenters. The van der Waals surface area contributed by atoms with E-state index in [0.717, 1.165) is 34.1 Å². The number of hydrogen-bond acceptors (Lipinski definition) is 5. The molecule has 0 bridgehead atoms. The Morgan fingerprint density at radius 2 is 1.69 bits per heavy atom. The molecule has 3 heterocycles. The summed E-state index contributed by atoms with van der Waals surface area (Å²) in [5.41, 5.74) is 4.18. The van der Waals surface area contributed by atoms with Gasteiger partial charge in [0.15, 0.2) is 0 Å². The number of nitrogens with zero attached hydrogens (tertiary/aromatic N) is 4. The molecule has 0 unspecified atom stereocenters. The summed E-state index contributed by atoms with van der Waals surface area (Å²) in [5.74, 6) is 0. The molecule has 1 aliphatic heterocycles. The van der Waals surface area contributed by atoms with E-state index in [1.54, 1.807) is 10.4 Å². The van der Waals surface area contributed by atoms with Crippen molar-refractivity contribution in [3.8, 4) is 5.69 Å². The van der Waals surface area contributed by atoms with Gasteiger partial charge in [-0.2, -0.15) is 9.40 Å². The van der Waals surface area contributed by atoms with Crippen molar-refractivity contribution in [1.82, 2.24) is 14.1 Å². The highest BCUT2D eigenvalue weighted by Gasteiger charge is 2.31. The Hall–Kier alpha value is -2.16. The SMILES string of the molecule is CCc1ccc(S(=O)(=O)N2CCN(c3c(C)nn(-c4ccccc4)c3C)CC2)s1. The molecule has 0 aliphatic carbocycles. The fraction of sp³-hybridized carbons (Fsp3) is 0.381. The highest BCUT2D eigenvalue weighted by molar-refractivity contribution is 7.91. The summed E-state index contributed by atoms with van der Waals surface area (Å²) in [6.07, 6.45) is 0.859. The minimum Gasteiger partial charge on any atom is -0.366 e. The fourth-order valence-electron chi connectivity index (χ4n) is 3.88. The smallest absolute Gasteiger partial charge is 0.252 e. The highest BCUT2D eigenvalue weighted by Crippen LogP contribution is 2.30. The van der Waals surface area contributed by atoms with Crippen LogP contribution in [0.2, 0.25) is 0 Å². The first-order valence-electron chi connectivity index (χ1n) is 9.87. The second-order valence-corrected chi connectivity index (χ2v) is 10.6. The van der Waals surface area contributed by atoms with E-state index in [1.807, 2.05) is 54.9 Å². The molecule has 1 saturated heterocycles. The lowest BCUT2D eigenvalue weighted by molar-refractivity contribution is 0.385. The molecule has 0 spiro atoms. The van der Waals surface area contributed by atoms with Crippen LogP contribution in [0.15, 0.2) is 46.7 Å². The number of hydrogen-bond donors (Lipinski definition) is 0. The summed E-state index contributed by atoms with van der Waals surface area (Å²) >= 11 is 1.38. The van der Waals surface area contributed by atoms with E-state index < -0.39 is 10.0 Å². The molecule has 1 aromatic carbocycles. The van der Waals surface area contributed by atoms with Crippen molar-refractivity contribution in [1.29, 1.82) is 0 Å². The molecule has 1 fully saturated rings. The molecule has 2 aromatic heterocycles. The minimum atomic E-state index is -3.41. The van der Waals surface area contributed by atoms with Gasteiger partial charge in [0.25, 0.3) is 10.0 Å². The molecule has 0 radical (unpaired) electrons. The number of benzene rings is 1. The zero-order valence-electron chi connectivity index (χ0n) is 17.0. The zero-order chi connectivity index (χ0) is 20.6. The number of piperazine rings is 1. The van der Waals surface area contributed by atoms with Crippen molar-refractivity contribution in [3.63, 3.8) is 0 Å². The van der Waals surface area contributed by atoms with Crippen LogP contribution in [0.1, 0.15) is 23.2 Å². The van der Waals surface area contributed by atoms with Crippen LogP contribution in [0.3, 0.4) is 0 Å². The Morgan fingerprint density at radius 1 is 1.00 bits per heavy atom. The van der Waals surface area contributed by atoms with Crippen LogP contribution in [-0.4, -0.2) is 48.7 Å². The monoisotopic (exact) mass is 430 g/mol. The average Bonchev–Trinajstić information content (AvgIpc) is 3.34. The van der Waals surface area contributed by atoms with Crippen molar-refractivity contribution in [3.05, 3.63) is 58.7 Å². The van der Waals surface area contributed by atoms with Crippen LogP contribution in [0.4, 0.5) is 5.69 Å². The van der Waals surface area contributed by atoms with Crippen molar-refractivity contribution in [2.45, 2.75) is 31.4 Å². The number of rotatable bonds is 5. The van der Waals surface area contributed by atoms with E-state index in [2.05, 4.69) is 11.8 Å². The van der Waals surface area contributed by atoms with Gasteiger partial charge >= 0.3 is 0 Å². The predicted molar refractivity (Wildman–Crippen MR) is 118 cm³/mol. The summed E-state index contributed by atoms with van der Waals surface area (Å²) < 4.78 is 30.0. The second-order valence-electron chi connectivity index (χ2n) is 7.23. The van der Waals surface area contributed by atoms with Gasteiger partial charge in [-0.3, -0.25) is 0 Å². The number of para-hydroxylation sites is 1. The van der Waals surface area contributed by atoms with Gasteiger partial charge in [0, 0.05) is 31.1 Å². The summed E-state index contributed by atoms with van der Waals surface area (Å²) in [6.45, 7) is 8.42. The topological polar surface area (TPSA) is 58.4 Å². The Labute approximate surface area is 176 Å². The molecular weight excluding hydrogens is 404 g/mol. The van der Waals surface area contributed by atoms with Gasteiger partial charge in [-0.05, 0) is 44.5 Å². The number of sulfonamides is 1. The van der Waals surface area contributed by atoms with Gasteiger partial charge < -0.3 is 4.90 Å². The lowest BCUT2D eigenvalue weighted by atomic mass is 10.2. The average molecular weight is 431 g/mol. The third-order valence-corrected chi connectivity index (χ3v) is 8.98. The van der Waals surface area contributed by atoms with E-state index in [-0.39, 0.29) is 0 Å². The van der Waals surface area contributed by atoms with Crippen LogP contribution in [0.5, 0.6) is 0 Å². The molecule has 29 heavy (non-hydrogen) atoms. The van der Waals surface area contributed by atoms with Gasteiger partial charge in [0.2, 0.25) is 0 Å². The zero-order valence-corrected chi connectivity index (χ0v) is 18.6. The molecule has 0 saturated carbocycles. The van der Waals surface area contributed by atoms with E-state index in [1.165, 1.54) is 11.3 Å². The van der Waals surface area contributed by atoms with Crippen molar-refractivity contribution >= 4 is 27.0 Å². The van der Waals surface area contributed by atoms with E-state index in [4.69, 9.17) is 5.10 Å². The molecule has 6 nitrogen and oxygen atoms in total. The summed E-state index contributed by atoms with van der Waals surface area (Å²) in [5, 5.41) is 4.73. The van der Waals surface area contributed by atoms with Crippen LogP contribution >= 0.6 is 11.3 Å². The maximum absolute atomic E-state index is 13.0. The maximum atomic E-state index is 13.0. The number of aryl methyl sites for hydroxylation is 2. The summed E-state index contributed by atoms with van der Waals surface area (Å²) in [4.78, 5) is 3.36. The standard InChI is InChI=1S/C21H26N4O2S2/c1-4-19-10-11-20(28-19)29(26,27)24-14-12-23(13-15-24)21-16(2)22-25(17(21)3)18-8-6-5-7-9-18/h5-11H,4,12-15H2,1-3H3. The van der Waals surface area contributed by atoms with Crippen LogP contribution in [-0.2, 0) is 16.4 Å². The third-order valence-electron chi connectivity index (χ3n) is 5.39. The van der Waals surface area contributed by atoms with E-state index in [9.17, 15) is 8.42 Å². The fourth-order valence-corrected chi connectivity index (χ4v) is 6.75. The van der Waals surface area contributed by atoms with Crippen molar-refractivity contribution in [2.24, 2.45) is 0 Å². The quantitative estimate of drug-likeness (QED) is 0.620. The van der Waals surface area contributed by atoms with Gasteiger partial charge in [0.1, 0.15) is 4.21 Å². The Bertz CT molecular complexity index is 1100. The first kappa shape index (κ1) is 20.1. The Morgan fingerprint density at radius 3 is 2.31 bits per heavy atom. The van der Waals surface area contributed by atoms with Crippen LogP contribution < -0.4 is 4.90 Å². The lowest BCUT2D eigenvalue weighted by Crippen LogP contribution is -2.48. The Kier molecular flexibility index (Phi) is 5.50. The molecule has 8 heteroatoms. The summed E-state index contributed by atoms with van der Waals surface area (Å²) in [7, 11) is -3.41. The highest BCUT2D eigenvalue weighted by atomic mass is 32.2. The van der Waals surface area contributed by atoms with Gasteiger partial charge in [-0.25, -0.2) is 13.1 Å².